The minimum absolute atomic E-state index is 0.114. The Kier molecular flexibility index (Phi) is 4.29. The number of rotatable bonds is 3. The first-order valence-corrected chi connectivity index (χ1v) is 7.30. The fraction of sp³-hybridized carbons (Fsp3) is 0. The van der Waals surface area contributed by atoms with E-state index in [9.17, 15) is 9.59 Å². The highest BCUT2D eigenvalue weighted by molar-refractivity contribution is 6.11. The third-order valence-electron chi connectivity index (χ3n) is 3.47. The first-order valence-electron chi connectivity index (χ1n) is 7.30. The van der Waals surface area contributed by atoms with Gasteiger partial charge in [-0.1, -0.05) is 54.6 Å². The highest BCUT2D eigenvalue weighted by Crippen LogP contribution is 2.15. The lowest BCUT2D eigenvalue weighted by Crippen LogP contribution is -2.21. The molecule has 23 heavy (non-hydrogen) atoms. The zero-order valence-corrected chi connectivity index (χ0v) is 12.4. The predicted octanol–water partition coefficient (Wildman–Crippen LogP) is 3.98. The quantitative estimate of drug-likeness (QED) is 0.804. The minimum atomic E-state index is -0.177. The molecule has 1 aliphatic rings. The van der Waals surface area contributed by atoms with Crippen molar-refractivity contribution >= 4 is 11.7 Å². The van der Waals surface area contributed by atoms with Crippen LogP contribution in [-0.2, 0) is 0 Å². The van der Waals surface area contributed by atoms with E-state index in [0.717, 1.165) is 0 Å². The molecule has 0 spiro atoms. The Hall–Kier alpha value is -3.20. The smallest absolute Gasteiger partial charge is 0.261 e. The maximum absolute atomic E-state index is 12.6. The van der Waals surface area contributed by atoms with Gasteiger partial charge in [-0.25, -0.2) is 0 Å². The van der Waals surface area contributed by atoms with Crippen LogP contribution in [0.15, 0.2) is 96.9 Å². The summed E-state index contributed by atoms with van der Waals surface area (Å²) < 4.78 is 0. The molecule has 3 heteroatoms. The third-order valence-corrected chi connectivity index (χ3v) is 3.47. The number of hydrogen-bond donors (Lipinski definition) is 0. The molecule has 3 rings (SSSR count). The predicted molar refractivity (Wildman–Crippen MR) is 89.7 cm³/mol. The number of carbonyl (C=O) groups excluding carboxylic acids is 2. The summed E-state index contributed by atoms with van der Waals surface area (Å²) in [5, 5.41) is 0. The minimum Gasteiger partial charge on any atom is -0.290 e. The molecule has 3 nitrogen and oxygen atoms in total. The highest BCUT2D eigenvalue weighted by atomic mass is 16.2. The van der Waals surface area contributed by atoms with Gasteiger partial charge in [0.15, 0.2) is 5.78 Å². The number of Topliss-reactive ketones (excluding diaryl/α,β-unsaturated/α-hetero) is 1. The van der Waals surface area contributed by atoms with E-state index in [-0.39, 0.29) is 11.7 Å². The lowest BCUT2D eigenvalue weighted by molar-refractivity contribution is 0.0868. The topological polar surface area (TPSA) is 37.4 Å². The SMILES string of the molecule is O=C(C1=CN(C(=O)c2ccccc2)C=CC=C1)c1ccccc1. The Morgan fingerprint density at radius 3 is 2.00 bits per heavy atom. The summed E-state index contributed by atoms with van der Waals surface area (Å²) in [6, 6.07) is 18.0. The Balaban J connectivity index is 1.91. The molecule has 112 valence electrons. The van der Waals surface area contributed by atoms with Gasteiger partial charge in [-0.2, -0.15) is 0 Å². The standard InChI is InChI=1S/C20H15NO2/c22-19(16-9-3-1-4-10-16)18-13-7-8-14-21(15-18)20(23)17-11-5-2-6-12-17/h1-15H. The van der Waals surface area contributed by atoms with E-state index in [1.54, 1.807) is 54.9 Å². The molecule has 0 saturated heterocycles. The summed E-state index contributed by atoms with van der Waals surface area (Å²) in [4.78, 5) is 26.6. The Labute approximate surface area is 134 Å². The lowest BCUT2D eigenvalue weighted by Gasteiger charge is -2.14. The summed E-state index contributed by atoms with van der Waals surface area (Å²) in [5.41, 5.74) is 1.63. The fourth-order valence-electron chi connectivity index (χ4n) is 2.28. The summed E-state index contributed by atoms with van der Waals surface area (Å²) in [5.74, 6) is -0.291. The van der Waals surface area contributed by atoms with E-state index in [1.165, 1.54) is 4.90 Å². The van der Waals surface area contributed by atoms with Crippen LogP contribution in [0.5, 0.6) is 0 Å². The zero-order valence-electron chi connectivity index (χ0n) is 12.4. The van der Waals surface area contributed by atoms with E-state index in [4.69, 9.17) is 0 Å². The molecular weight excluding hydrogens is 286 g/mol. The Morgan fingerprint density at radius 2 is 1.35 bits per heavy atom. The molecule has 1 heterocycles. The second kappa shape index (κ2) is 6.71. The molecule has 0 N–H and O–H groups in total. The van der Waals surface area contributed by atoms with Crippen LogP contribution in [0.25, 0.3) is 0 Å². The molecule has 0 saturated carbocycles. The van der Waals surface area contributed by atoms with Gasteiger partial charge in [0.05, 0.1) is 0 Å². The van der Waals surface area contributed by atoms with Crippen LogP contribution in [0.1, 0.15) is 20.7 Å². The average molecular weight is 301 g/mol. The summed E-state index contributed by atoms with van der Waals surface area (Å²) in [6.07, 6.45) is 8.43. The van der Waals surface area contributed by atoms with Gasteiger partial charge in [-0.3, -0.25) is 14.5 Å². The maximum atomic E-state index is 12.6. The highest BCUT2D eigenvalue weighted by Gasteiger charge is 2.16. The van der Waals surface area contributed by atoms with Crippen molar-refractivity contribution in [1.82, 2.24) is 4.90 Å². The van der Waals surface area contributed by atoms with Crippen molar-refractivity contribution in [2.45, 2.75) is 0 Å². The molecule has 0 aliphatic carbocycles. The third kappa shape index (κ3) is 3.35. The maximum Gasteiger partial charge on any atom is 0.261 e. The van der Waals surface area contributed by atoms with E-state index >= 15 is 0 Å². The van der Waals surface area contributed by atoms with Crippen LogP contribution in [0, 0.1) is 0 Å². The molecule has 0 fully saturated rings. The van der Waals surface area contributed by atoms with E-state index in [0.29, 0.717) is 16.7 Å². The molecular formula is C20H15NO2. The van der Waals surface area contributed by atoms with Crippen molar-refractivity contribution in [2.75, 3.05) is 0 Å². The van der Waals surface area contributed by atoms with Crippen LogP contribution in [-0.4, -0.2) is 16.6 Å². The van der Waals surface area contributed by atoms with E-state index in [1.807, 2.05) is 36.4 Å². The van der Waals surface area contributed by atoms with Crippen LogP contribution >= 0.6 is 0 Å². The van der Waals surface area contributed by atoms with Gasteiger partial charge >= 0.3 is 0 Å². The summed E-state index contributed by atoms with van der Waals surface area (Å²) in [6.45, 7) is 0. The number of carbonyl (C=O) groups is 2. The molecule has 0 unspecified atom stereocenters. The molecule has 2 aromatic rings. The molecule has 0 aromatic heterocycles. The molecule has 0 bridgehead atoms. The summed E-state index contributed by atoms with van der Waals surface area (Å²) in [7, 11) is 0. The van der Waals surface area contributed by atoms with Crippen molar-refractivity contribution in [2.24, 2.45) is 0 Å². The number of allylic oxidation sites excluding steroid dienone is 4. The van der Waals surface area contributed by atoms with Crippen LogP contribution in [0.2, 0.25) is 0 Å². The van der Waals surface area contributed by atoms with Crippen LogP contribution in [0.3, 0.4) is 0 Å². The Morgan fingerprint density at radius 1 is 0.739 bits per heavy atom. The van der Waals surface area contributed by atoms with Gasteiger partial charge in [0, 0.05) is 29.1 Å². The molecule has 0 atom stereocenters. The van der Waals surface area contributed by atoms with Gasteiger partial charge in [-0.15, -0.1) is 0 Å². The van der Waals surface area contributed by atoms with E-state index in [2.05, 4.69) is 0 Å². The van der Waals surface area contributed by atoms with Gasteiger partial charge in [0.1, 0.15) is 0 Å². The lowest BCUT2D eigenvalue weighted by atomic mass is 10.0. The largest absolute Gasteiger partial charge is 0.290 e. The average Bonchev–Trinajstić information content (AvgIpc) is 2.88. The Bertz CT molecular complexity index is 802. The molecule has 1 aliphatic heterocycles. The van der Waals surface area contributed by atoms with Crippen molar-refractivity contribution in [3.8, 4) is 0 Å². The summed E-state index contributed by atoms with van der Waals surface area (Å²) >= 11 is 0. The van der Waals surface area contributed by atoms with Gasteiger partial charge in [-0.05, 0) is 24.3 Å². The van der Waals surface area contributed by atoms with Crippen LogP contribution in [0.4, 0.5) is 0 Å². The fourth-order valence-corrected chi connectivity index (χ4v) is 2.28. The number of benzene rings is 2. The molecule has 2 aromatic carbocycles. The van der Waals surface area contributed by atoms with E-state index < -0.39 is 0 Å². The van der Waals surface area contributed by atoms with Crippen molar-refractivity contribution in [3.05, 3.63) is 108 Å². The second-order valence-corrected chi connectivity index (χ2v) is 5.06. The van der Waals surface area contributed by atoms with Gasteiger partial charge in [0.25, 0.3) is 5.91 Å². The number of ketones is 1. The van der Waals surface area contributed by atoms with Crippen molar-refractivity contribution in [1.29, 1.82) is 0 Å². The number of hydrogen-bond acceptors (Lipinski definition) is 2. The number of nitrogens with zero attached hydrogens (tertiary/aromatic N) is 1. The van der Waals surface area contributed by atoms with Crippen molar-refractivity contribution < 1.29 is 9.59 Å². The molecule has 1 amide bonds. The van der Waals surface area contributed by atoms with Gasteiger partial charge < -0.3 is 0 Å². The molecule has 0 radical (unpaired) electrons. The number of amides is 1. The second-order valence-electron chi connectivity index (χ2n) is 5.06. The monoisotopic (exact) mass is 301 g/mol. The first-order chi connectivity index (χ1) is 11.3. The zero-order chi connectivity index (χ0) is 16.1. The normalized spacial score (nSPS) is 13.4. The van der Waals surface area contributed by atoms with Crippen molar-refractivity contribution in [3.63, 3.8) is 0 Å². The van der Waals surface area contributed by atoms with Crippen LogP contribution < -0.4 is 0 Å². The van der Waals surface area contributed by atoms with Gasteiger partial charge in [0.2, 0.25) is 0 Å². The first kappa shape index (κ1) is 14.7.